The summed E-state index contributed by atoms with van der Waals surface area (Å²) in [6, 6.07) is 0. The van der Waals surface area contributed by atoms with E-state index in [0.717, 1.165) is 0 Å². The van der Waals surface area contributed by atoms with E-state index >= 15 is 0 Å². The summed E-state index contributed by atoms with van der Waals surface area (Å²) in [5.41, 5.74) is 1.94. The summed E-state index contributed by atoms with van der Waals surface area (Å²) in [7, 11) is 0. The first-order chi connectivity index (χ1) is 3.81. The van der Waals surface area contributed by atoms with Crippen molar-refractivity contribution >= 4 is 12.0 Å². The van der Waals surface area contributed by atoms with E-state index in [1.807, 2.05) is 5.43 Å². The highest BCUT2D eigenvalue weighted by molar-refractivity contribution is 5.75. The predicted octanol–water partition coefficient (Wildman–Crippen LogP) is -0.237. The first-order valence-corrected chi connectivity index (χ1v) is 2.17. The number of hydrogen-bond acceptors (Lipinski definition) is 3. The molecule has 0 fully saturated rings. The topological polar surface area (TPSA) is 58.5 Å². The maximum Gasteiger partial charge on any atom is 0.258 e. The number of isocyanates is 1. The Morgan fingerprint density at radius 2 is 2.50 bits per heavy atom. The Balaban J connectivity index is 3.39. The van der Waals surface area contributed by atoms with Crippen molar-refractivity contribution in [2.75, 3.05) is 0 Å². The summed E-state index contributed by atoms with van der Waals surface area (Å²) >= 11 is 0. The van der Waals surface area contributed by atoms with Crippen molar-refractivity contribution in [2.24, 2.45) is 5.10 Å². The standard InChI is InChI=1S/C4H6N2O2/c1-2-4(8)6-5-3-7/h2H2,1H3,(H,6,8). The minimum absolute atomic E-state index is 0.284. The van der Waals surface area contributed by atoms with Crippen molar-refractivity contribution in [3.63, 3.8) is 0 Å². The van der Waals surface area contributed by atoms with Gasteiger partial charge in [0, 0.05) is 6.42 Å². The van der Waals surface area contributed by atoms with Gasteiger partial charge < -0.3 is 0 Å². The second-order valence-electron chi connectivity index (χ2n) is 1.09. The molecule has 0 aliphatic rings. The lowest BCUT2D eigenvalue weighted by molar-refractivity contribution is -0.120. The van der Waals surface area contributed by atoms with Gasteiger partial charge in [-0.05, 0) is 0 Å². The molecule has 0 saturated carbocycles. The number of nitrogens with one attached hydrogen (secondary N) is 1. The molecule has 4 heteroatoms. The Hall–Kier alpha value is -1.15. The molecule has 0 unspecified atom stereocenters. The van der Waals surface area contributed by atoms with Crippen molar-refractivity contribution in [2.45, 2.75) is 13.3 Å². The van der Waals surface area contributed by atoms with E-state index in [-0.39, 0.29) is 5.91 Å². The van der Waals surface area contributed by atoms with Crippen LogP contribution in [-0.2, 0) is 9.59 Å². The van der Waals surface area contributed by atoms with Gasteiger partial charge in [-0.1, -0.05) is 12.0 Å². The van der Waals surface area contributed by atoms with Gasteiger partial charge in [0.1, 0.15) is 0 Å². The van der Waals surface area contributed by atoms with E-state index in [9.17, 15) is 9.59 Å². The maximum atomic E-state index is 10.2. The molecule has 0 aromatic heterocycles. The molecule has 0 aromatic rings. The maximum absolute atomic E-state index is 10.2. The second kappa shape index (κ2) is 4.02. The van der Waals surface area contributed by atoms with Crippen LogP contribution in [0.3, 0.4) is 0 Å². The van der Waals surface area contributed by atoms with Crippen LogP contribution in [0.15, 0.2) is 5.10 Å². The number of hydrogen-bond donors (Lipinski definition) is 1. The number of hydrazone groups is 1. The smallest absolute Gasteiger partial charge is 0.258 e. The first-order valence-electron chi connectivity index (χ1n) is 2.17. The summed E-state index contributed by atoms with van der Waals surface area (Å²) in [6.07, 6.45) is 1.50. The number of rotatable bonds is 2. The zero-order valence-electron chi connectivity index (χ0n) is 4.47. The third-order valence-corrected chi connectivity index (χ3v) is 0.547. The van der Waals surface area contributed by atoms with Crippen LogP contribution in [0.5, 0.6) is 0 Å². The van der Waals surface area contributed by atoms with Crippen molar-refractivity contribution in [3.8, 4) is 0 Å². The van der Waals surface area contributed by atoms with E-state index in [4.69, 9.17) is 0 Å². The normalized spacial score (nSPS) is 7.12. The van der Waals surface area contributed by atoms with E-state index in [1.165, 1.54) is 6.08 Å². The molecule has 8 heavy (non-hydrogen) atoms. The van der Waals surface area contributed by atoms with E-state index in [1.54, 1.807) is 6.92 Å². The van der Waals surface area contributed by atoms with Gasteiger partial charge in [0.2, 0.25) is 5.91 Å². The molecular formula is C4H6N2O2. The Kier molecular flexibility index (Phi) is 3.44. The van der Waals surface area contributed by atoms with Gasteiger partial charge in [0.25, 0.3) is 6.08 Å². The van der Waals surface area contributed by atoms with Gasteiger partial charge in [0.05, 0.1) is 0 Å². The molecule has 0 atom stereocenters. The summed E-state index contributed by atoms with van der Waals surface area (Å²) in [5.74, 6) is -0.284. The summed E-state index contributed by atoms with van der Waals surface area (Å²) in [5, 5.41) is 2.84. The molecule has 0 bridgehead atoms. The largest absolute Gasteiger partial charge is 0.273 e. The number of carbonyl (C=O) groups is 1. The molecule has 0 aliphatic carbocycles. The minimum atomic E-state index is -0.284. The lowest BCUT2D eigenvalue weighted by Gasteiger charge is -1.86. The first kappa shape index (κ1) is 6.85. The molecule has 0 rings (SSSR count). The summed E-state index contributed by atoms with van der Waals surface area (Å²) in [6.45, 7) is 1.66. The van der Waals surface area contributed by atoms with Crippen molar-refractivity contribution in [1.29, 1.82) is 0 Å². The number of amides is 1. The monoisotopic (exact) mass is 114 g/mol. The highest BCUT2D eigenvalue weighted by Gasteiger charge is 1.89. The summed E-state index contributed by atoms with van der Waals surface area (Å²) < 4.78 is 0. The minimum Gasteiger partial charge on any atom is -0.273 e. The van der Waals surface area contributed by atoms with E-state index in [0.29, 0.717) is 6.42 Å². The van der Waals surface area contributed by atoms with Crippen molar-refractivity contribution < 1.29 is 9.59 Å². The zero-order chi connectivity index (χ0) is 6.41. The molecule has 4 nitrogen and oxygen atoms in total. The van der Waals surface area contributed by atoms with Gasteiger partial charge in [-0.25, -0.2) is 10.2 Å². The molecule has 0 aromatic carbocycles. The van der Waals surface area contributed by atoms with Crippen LogP contribution in [0, 0.1) is 0 Å². The Labute approximate surface area is 46.6 Å². The van der Waals surface area contributed by atoms with Crippen molar-refractivity contribution in [3.05, 3.63) is 0 Å². The lowest BCUT2D eigenvalue weighted by atomic mass is 10.5. The van der Waals surface area contributed by atoms with Gasteiger partial charge >= 0.3 is 0 Å². The van der Waals surface area contributed by atoms with Crippen LogP contribution in [-0.4, -0.2) is 12.0 Å². The highest BCUT2D eigenvalue weighted by Crippen LogP contribution is 1.71. The van der Waals surface area contributed by atoms with Gasteiger partial charge in [-0.3, -0.25) is 4.79 Å². The van der Waals surface area contributed by atoms with Gasteiger partial charge in [-0.15, -0.1) is 0 Å². The fourth-order valence-electron chi connectivity index (χ4n) is 0.164. The lowest BCUT2D eigenvalue weighted by Crippen LogP contribution is -2.14. The Morgan fingerprint density at radius 3 is 2.88 bits per heavy atom. The molecule has 44 valence electrons. The van der Waals surface area contributed by atoms with Crippen LogP contribution in [0.25, 0.3) is 0 Å². The molecule has 1 N–H and O–H groups in total. The van der Waals surface area contributed by atoms with Crippen molar-refractivity contribution in [1.82, 2.24) is 5.43 Å². The highest BCUT2D eigenvalue weighted by atomic mass is 16.2. The molecule has 0 spiro atoms. The number of carbonyl (C=O) groups excluding carboxylic acids is 2. The average molecular weight is 114 g/mol. The number of nitrogens with zero attached hydrogens (tertiary/aromatic N) is 1. The quantitative estimate of drug-likeness (QED) is 0.306. The third-order valence-electron chi connectivity index (χ3n) is 0.547. The predicted molar refractivity (Wildman–Crippen MR) is 26.6 cm³/mol. The van der Waals surface area contributed by atoms with Crippen LogP contribution in [0.2, 0.25) is 0 Å². The summed E-state index contributed by atoms with van der Waals surface area (Å²) in [4.78, 5) is 19.5. The van der Waals surface area contributed by atoms with Crippen LogP contribution >= 0.6 is 0 Å². The molecule has 1 amide bonds. The van der Waals surface area contributed by atoms with Gasteiger partial charge in [0.15, 0.2) is 0 Å². The van der Waals surface area contributed by atoms with Crippen LogP contribution < -0.4 is 5.43 Å². The molecule has 0 aliphatic heterocycles. The second-order valence-corrected chi connectivity index (χ2v) is 1.09. The van der Waals surface area contributed by atoms with Crippen LogP contribution in [0.4, 0.5) is 0 Å². The van der Waals surface area contributed by atoms with Gasteiger partial charge in [-0.2, -0.15) is 0 Å². The van der Waals surface area contributed by atoms with E-state index in [2.05, 4.69) is 5.10 Å². The molecule has 0 heterocycles. The molecule has 0 radical (unpaired) electrons. The fourth-order valence-corrected chi connectivity index (χ4v) is 0.164. The SMILES string of the molecule is CCC(=O)NN=C=O. The van der Waals surface area contributed by atoms with E-state index < -0.39 is 0 Å². The Bertz CT molecular complexity index is 126. The average Bonchev–Trinajstić information content (AvgIpc) is 1.83. The molecule has 0 saturated heterocycles. The zero-order valence-corrected chi connectivity index (χ0v) is 4.47. The third kappa shape index (κ3) is 3.06. The Morgan fingerprint density at radius 1 is 1.88 bits per heavy atom. The molecular weight excluding hydrogens is 108 g/mol. The fraction of sp³-hybridized carbons (Fsp3) is 0.500. The van der Waals surface area contributed by atoms with Crippen LogP contribution in [0.1, 0.15) is 13.3 Å².